The van der Waals surface area contributed by atoms with Crippen molar-refractivity contribution < 1.29 is 8.42 Å². The fourth-order valence-corrected chi connectivity index (χ4v) is 5.82. The number of fused-ring (bicyclic) bond motifs is 1. The van der Waals surface area contributed by atoms with Crippen LogP contribution in [0.1, 0.15) is 12.5 Å². The third-order valence-corrected chi connectivity index (χ3v) is 6.70. The largest absolute Gasteiger partial charge is 0.218 e. The maximum atomic E-state index is 12.5. The van der Waals surface area contributed by atoms with Gasteiger partial charge in [0.1, 0.15) is 17.7 Å². The van der Waals surface area contributed by atoms with Crippen LogP contribution in [0.4, 0.5) is 0 Å². The quantitative estimate of drug-likeness (QED) is 0.540. The molecule has 1 heterocycles. The van der Waals surface area contributed by atoms with Crippen LogP contribution in [0.5, 0.6) is 0 Å². The summed E-state index contributed by atoms with van der Waals surface area (Å²) >= 11 is -0.531. The molecule has 0 bridgehead atoms. The molecular weight excluding hydrogens is 387 g/mol. The highest BCUT2D eigenvalue weighted by molar-refractivity contribution is 14.2. The first-order valence-electron chi connectivity index (χ1n) is 5.57. The van der Waals surface area contributed by atoms with E-state index in [0.29, 0.717) is 5.56 Å². The molecule has 0 N–H and O–H groups in total. The van der Waals surface area contributed by atoms with Crippen LogP contribution in [0.15, 0.2) is 43.7 Å². The number of hydrogen-bond donors (Lipinski definition) is 0. The predicted molar refractivity (Wildman–Crippen MR) is 85.6 cm³/mol. The van der Waals surface area contributed by atoms with E-state index in [9.17, 15) is 8.42 Å². The molecule has 0 atom stereocenters. The summed E-state index contributed by atoms with van der Waals surface area (Å²) in [6.45, 7) is 1.86. The van der Waals surface area contributed by atoms with Gasteiger partial charge in [0.05, 0.1) is 9.80 Å². The van der Waals surface area contributed by atoms with Crippen LogP contribution in [0.25, 0.3) is 5.57 Å². The van der Waals surface area contributed by atoms with Crippen molar-refractivity contribution >= 4 is 40.2 Å². The summed E-state index contributed by atoms with van der Waals surface area (Å²) in [5, 5.41) is 18.1. The van der Waals surface area contributed by atoms with Crippen molar-refractivity contribution in [3.05, 3.63) is 44.4 Å². The molecule has 0 saturated heterocycles. The van der Waals surface area contributed by atoms with Crippen LogP contribution in [0.2, 0.25) is 0 Å². The molecule has 0 radical (unpaired) electrons. The Hall–Kier alpha value is -1.77. The first-order valence-corrected chi connectivity index (χ1v) is 9.54. The van der Waals surface area contributed by atoms with Gasteiger partial charge >= 0.3 is 0 Å². The second-order valence-corrected chi connectivity index (χ2v) is 8.26. The molecule has 1 aliphatic rings. The van der Waals surface area contributed by atoms with Gasteiger partial charge in [-0.1, -0.05) is 42.9 Å². The van der Waals surface area contributed by atoms with Gasteiger partial charge in [-0.25, -0.2) is 8.42 Å². The Labute approximate surface area is 127 Å². The van der Waals surface area contributed by atoms with E-state index in [4.69, 9.17) is 10.5 Å². The summed E-state index contributed by atoms with van der Waals surface area (Å²) in [6, 6.07) is 10.1. The van der Waals surface area contributed by atoms with E-state index < -0.39 is 30.6 Å². The molecule has 1 aromatic rings. The summed E-state index contributed by atoms with van der Waals surface area (Å²) in [4.78, 5) is 0.270. The van der Waals surface area contributed by atoms with Crippen molar-refractivity contribution in [3.63, 3.8) is 0 Å². The first-order chi connectivity index (χ1) is 9.57. The maximum Gasteiger partial charge on any atom is 0.208 e. The predicted octanol–water partition coefficient (Wildman–Crippen LogP) is 2.91. The van der Waals surface area contributed by atoms with Gasteiger partial charge in [-0.15, -0.1) is 0 Å². The van der Waals surface area contributed by atoms with Crippen molar-refractivity contribution in [2.24, 2.45) is 0 Å². The van der Waals surface area contributed by atoms with Crippen LogP contribution in [0, 0.1) is 22.7 Å². The lowest BCUT2D eigenvalue weighted by molar-refractivity contribution is 0.604. The Kier molecular flexibility index (Phi) is 4.17. The number of rotatable bonds is 1. The SMILES string of the molecule is CC=I/C=C1/C(=C(C#N)C#N)c2ccccc2S1(=O)=O. The number of nitrogens with zero attached hydrogens (tertiary/aromatic N) is 2. The highest BCUT2D eigenvalue weighted by Gasteiger charge is 2.37. The molecule has 20 heavy (non-hydrogen) atoms. The molecule has 0 aliphatic carbocycles. The smallest absolute Gasteiger partial charge is 0.208 e. The molecule has 1 aliphatic heterocycles. The maximum absolute atomic E-state index is 12.5. The van der Waals surface area contributed by atoms with E-state index in [1.165, 1.54) is 6.07 Å². The summed E-state index contributed by atoms with van der Waals surface area (Å²) in [6.07, 6.45) is 0. The van der Waals surface area contributed by atoms with E-state index in [0.717, 1.165) is 0 Å². The Morgan fingerprint density at radius 1 is 1.25 bits per heavy atom. The summed E-state index contributed by atoms with van der Waals surface area (Å²) in [5.74, 6) is 0. The van der Waals surface area contributed by atoms with Crippen LogP contribution in [-0.2, 0) is 9.84 Å². The zero-order chi connectivity index (χ0) is 14.8. The van der Waals surface area contributed by atoms with Gasteiger partial charge in [-0.3, -0.25) is 0 Å². The monoisotopic (exact) mass is 396 g/mol. The first kappa shape index (κ1) is 14.6. The highest BCUT2D eigenvalue weighted by Crippen LogP contribution is 2.45. The third-order valence-electron chi connectivity index (χ3n) is 2.74. The fraction of sp³-hybridized carbons (Fsp3) is 0.0714. The van der Waals surface area contributed by atoms with Gasteiger partial charge in [-0.2, -0.15) is 10.5 Å². The normalized spacial score (nSPS) is 18.1. The number of benzene rings is 1. The van der Waals surface area contributed by atoms with Gasteiger partial charge in [0.15, 0.2) is 0 Å². The van der Waals surface area contributed by atoms with Crippen LogP contribution < -0.4 is 0 Å². The Balaban J connectivity index is 2.95. The molecular formula is C14H9IN2O2S. The van der Waals surface area contributed by atoms with Crippen molar-refractivity contribution in [1.29, 1.82) is 10.5 Å². The lowest BCUT2D eigenvalue weighted by Gasteiger charge is -1.99. The number of halogens is 1. The van der Waals surface area contributed by atoms with E-state index in [1.807, 2.05) is 10.9 Å². The molecule has 2 rings (SSSR count). The molecule has 100 valence electrons. The topological polar surface area (TPSA) is 81.7 Å². The summed E-state index contributed by atoms with van der Waals surface area (Å²) in [5.41, 5.74) is 0.522. The summed E-state index contributed by atoms with van der Waals surface area (Å²) in [7, 11) is -3.62. The van der Waals surface area contributed by atoms with Crippen molar-refractivity contribution in [1.82, 2.24) is 0 Å². The number of nitriles is 2. The van der Waals surface area contributed by atoms with Crippen LogP contribution in [0.3, 0.4) is 0 Å². The standard InChI is InChI=1S/C14H9IN2O2S/c1-2-15-7-13-14(10(8-16)9-17)11-5-3-4-6-12(11)20(13,18)19/h2-7H,1H3/b13-7-. The lowest BCUT2D eigenvalue weighted by atomic mass is 10.0. The van der Waals surface area contributed by atoms with Crippen molar-refractivity contribution in [2.45, 2.75) is 11.8 Å². The van der Waals surface area contributed by atoms with E-state index in [1.54, 1.807) is 34.4 Å². The second kappa shape index (κ2) is 5.70. The van der Waals surface area contributed by atoms with E-state index in [-0.39, 0.29) is 20.9 Å². The summed E-state index contributed by atoms with van der Waals surface area (Å²) < 4.78 is 28.6. The Morgan fingerprint density at radius 3 is 2.50 bits per heavy atom. The number of sulfone groups is 1. The molecule has 6 heteroatoms. The van der Waals surface area contributed by atoms with E-state index >= 15 is 0 Å². The average molecular weight is 396 g/mol. The zero-order valence-electron chi connectivity index (χ0n) is 10.5. The molecule has 0 spiro atoms. The Morgan fingerprint density at radius 2 is 1.90 bits per heavy atom. The van der Waals surface area contributed by atoms with Crippen LogP contribution in [-0.4, -0.2) is 12.4 Å². The molecule has 0 fully saturated rings. The van der Waals surface area contributed by atoms with E-state index in [2.05, 4.69) is 0 Å². The fourth-order valence-electron chi connectivity index (χ4n) is 1.92. The number of hydrogen-bond acceptors (Lipinski definition) is 4. The average Bonchev–Trinajstić information content (AvgIpc) is 2.67. The van der Waals surface area contributed by atoms with Crippen molar-refractivity contribution in [2.75, 3.05) is 0 Å². The minimum absolute atomic E-state index is 0.0997. The molecule has 0 amide bonds. The molecule has 0 unspecified atom stereocenters. The Bertz CT molecular complexity index is 834. The third kappa shape index (κ3) is 2.21. The molecule has 1 aromatic carbocycles. The molecule has 4 nitrogen and oxygen atoms in total. The molecule has 0 aromatic heterocycles. The lowest BCUT2D eigenvalue weighted by Crippen LogP contribution is -1.97. The minimum Gasteiger partial charge on any atom is -0.218 e. The van der Waals surface area contributed by atoms with Gasteiger partial charge in [-0.05, 0) is 17.1 Å². The van der Waals surface area contributed by atoms with Gasteiger partial charge in [0.2, 0.25) is 9.84 Å². The van der Waals surface area contributed by atoms with Crippen LogP contribution >= 0.6 is 20.7 Å². The second-order valence-electron chi connectivity index (χ2n) is 3.79. The zero-order valence-corrected chi connectivity index (χ0v) is 13.4. The van der Waals surface area contributed by atoms with Gasteiger partial charge in [0.25, 0.3) is 0 Å². The molecule has 0 saturated carbocycles. The van der Waals surface area contributed by atoms with Crippen molar-refractivity contribution in [3.8, 4) is 12.1 Å². The number of allylic oxidation sites excluding steroid dienone is 2. The minimum atomic E-state index is -3.62. The highest BCUT2D eigenvalue weighted by atomic mass is 127. The van der Waals surface area contributed by atoms with Gasteiger partial charge in [0, 0.05) is 11.1 Å². The van der Waals surface area contributed by atoms with Gasteiger partial charge < -0.3 is 0 Å².